The summed E-state index contributed by atoms with van der Waals surface area (Å²) in [6.07, 6.45) is 1.58. The van der Waals surface area contributed by atoms with Crippen molar-refractivity contribution in [3.8, 4) is 0 Å². The number of nitrogens with zero attached hydrogens (tertiary/aromatic N) is 1. The maximum Gasteiger partial charge on any atom is 0.411 e. The molecule has 19 heavy (non-hydrogen) atoms. The van der Waals surface area contributed by atoms with Crippen LogP contribution in [0.3, 0.4) is 0 Å². The van der Waals surface area contributed by atoms with Gasteiger partial charge in [0, 0.05) is 12.3 Å². The molecule has 110 valence electrons. The second-order valence-electron chi connectivity index (χ2n) is 5.61. The molecule has 0 radical (unpaired) electrons. The summed E-state index contributed by atoms with van der Waals surface area (Å²) < 4.78 is 5.32. The van der Waals surface area contributed by atoms with E-state index in [4.69, 9.17) is 4.74 Å². The van der Waals surface area contributed by atoms with Crippen LogP contribution in [0.25, 0.3) is 0 Å². The standard InChI is InChI=1S/C13H24N2O3S/c1-5-6-7-14-11(16)10-8-19-9-15(10)12(17)18-13(2,3)4/h10H,5-9H2,1-4H3,(H,14,16). The lowest BCUT2D eigenvalue weighted by atomic mass is 10.2. The van der Waals surface area contributed by atoms with Crippen LogP contribution in [0.4, 0.5) is 4.79 Å². The topological polar surface area (TPSA) is 58.6 Å². The minimum absolute atomic E-state index is 0.0793. The van der Waals surface area contributed by atoms with Crippen LogP contribution >= 0.6 is 11.8 Å². The molecule has 1 saturated heterocycles. The number of ether oxygens (including phenoxy) is 1. The van der Waals surface area contributed by atoms with Gasteiger partial charge in [0.05, 0.1) is 5.88 Å². The van der Waals surface area contributed by atoms with Crippen molar-refractivity contribution in [2.24, 2.45) is 0 Å². The van der Waals surface area contributed by atoms with Gasteiger partial charge < -0.3 is 10.1 Å². The van der Waals surface area contributed by atoms with Crippen molar-refractivity contribution in [3.05, 3.63) is 0 Å². The minimum Gasteiger partial charge on any atom is -0.444 e. The van der Waals surface area contributed by atoms with Gasteiger partial charge in [-0.15, -0.1) is 11.8 Å². The molecule has 2 amide bonds. The molecule has 1 heterocycles. The molecule has 0 bridgehead atoms. The highest BCUT2D eigenvalue weighted by atomic mass is 32.2. The third-order valence-electron chi connectivity index (χ3n) is 2.64. The Morgan fingerprint density at radius 3 is 2.68 bits per heavy atom. The summed E-state index contributed by atoms with van der Waals surface area (Å²) in [5.74, 6) is 1.07. The maximum absolute atomic E-state index is 12.0. The van der Waals surface area contributed by atoms with Gasteiger partial charge in [0.2, 0.25) is 5.91 Å². The number of nitrogens with one attached hydrogen (secondary N) is 1. The zero-order valence-corrected chi connectivity index (χ0v) is 13.0. The molecule has 1 rings (SSSR count). The largest absolute Gasteiger partial charge is 0.444 e. The fourth-order valence-corrected chi connectivity index (χ4v) is 2.81. The first-order valence-electron chi connectivity index (χ1n) is 6.70. The normalized spacial score (nSPS) is 19.4. The lowest BCUT2D eigenvalue weighted by Gasteiger charge is -2.27. The second kappa shape index (κ2) is 7.03. The van der Waals surface area contributed by atoms with Crippen LogP contribution in [0.5, 0.6) is 0 Å². The number of carbonyl (C=O) groups excluding carboxylic acids is 2. The highest BCUT2D eigenvalue weighted by Crippen LogP contribution is 2.23. The summed E-state index contributed by atoms with van der Waals surface area (Å²) in [5, 5.41) is 2.87. The summed E-state index contributed by atoms with van der Waals surface area (Å²) >= 11 is 1.58. The summed E-state index contributed by atoms with van der Waals surface area (Å²) in [4.78, 5) is 25.6. The quantitative estimate of drug-likeness (QED) is 0.806. The number of rotatable bonds is 4. The van der Waals surface area contributed by atoms with Crippen molar-refractivity contribution in [3.63, 3.8) is 0 Å². The average molecular weight is 288 g/mol. The Morgan fingerprint density at radius 2 is 2.11 bits per heavy atom. The molecule has 0 aromatic heterocycles. The number of hydrogen-bond acceptors (Lipinski definition) is 4. The van der Waals surface area contributed by atoms with Crippen molar-refractivity contribution in [1.29, 1.82) is 0 Å². The summed E-state index contributed by atoms with van der Waals surface area (Å²) in [6.45, 7) is 8.21. The van der Waals surface area contributed by atoms with Crippen molar-refractivity contribution in [2.45, 2.75) is 52.2 Å². The number of thioether (sulfide) groups is 1. The van der Waals surface area contributed by atoms with Crippen LogP contribution in [0.2, 0.25) is 0 Å². The van der Waals surface area contributed by atoms with E-state index in [1.165, 1.54) is 4.90 Å². The van der Waals surface area contributed by atoms with Gasteiger partial charge in [0.15, 0.2) is 0 Å². The summed E-state index contributed by atoms with van der Waals surface area (Å²) in [7, 11) is 0. The SMILES string of the molecule is CCCCNC(=O)C1CSCN1C(=O)OC(C)(C)C. The highest BCUT2D eigenvalue weighted by Gasteiger charge is 2.36. The van der Waals surface area contributed by atoms with E-state index in [0.29, 0.717) is 18.2 Å². The van der Waals surface area contributed by atoms with Crippen LogP contribution in [0.1, 0.15) is 40.5 Å². The molecule has 1 aliphatic heterocycles. The molecule has 0 saturated carbocycles. The fraction of sp³-hybridized carbons (Fsp3) is 0.846. The van der Waals surface area contributed by atoms with E-state index in [1.807, 2.05) is 20.8 Å². The van der Waals surface area contributed by atoms with Gasteiger partial charge in [0.1, 0.15) is 11.6 Å². The maximum atomic E-state index is 12.0. The van der Waals surface area contributed by atoms with Crippen molar-refractivity contribution in [1.82, 2.24) is 10.2 Å². The lowest BCUT2D eigenvalue weighted by molar-refractivity contribution is -0.125. The predicted molar refractivity (Wildman–Crippen MR) is 77.1 cm³/mol. The molecule has 0 aromatic carbocycles. The first-order chi connectivity index (χ1) is 8.85. The van der Waals surface area contributed by atoms with E-state index in [0.717, 1.165) is 12.8 Å². The van der Waals surface area contributed by atoms with Crippen molar-refractivity contribution >= 4 is 23.8 Å². The van der Waals surface area contributed by atoms with Crippen LogP contribution in [0, 0.1) is 0 Å². The number of hydrogen-bond donors (Lipinski definition) is 1. The molecule has 1 atom stereocenters. The zero-order chi connectivity index (χ0) is 14.5. The molecule has 6 heteroatoms. The van der Waals surface area contributed by atoms with Crippen LogP contribution in [-0.4, -0.2) is 46.7 Å². The van der Waals surface area contributed by atoms with Gasteiger partial charge in [-0.2, -0.15) is 0 Å². The molecule has 0 spiro atoms. The van der Waals surface area contributed by atoms with E-state index < -0.39 is 17.7 Å². The predicted octanol–water partition coefficient (Wildman–Crippen LogP) is 2.21. The van der Waals surface area contributed by atoms with Gasteiger partial charge in [0.25, 0.3) is 0 Å². The molecule has 0 aromatic rings. The van der Waals surface area contributed by atoms with E-state index in [9.17, 15) is 9.59 Å². The van der Waals surface area contributed by atoms with Crippen molar-refractivity contribution in [2.75, 3.05) is 18.2 Å². The van der Waals surface area contributed by atoms with Gasteiger partial charge in [-0.1, -0.05) is 13.3 Å². The Balaban J connectivity index is 2.53. The van der Waals surface area contributed by atoms with Gasteiger partial charge in [-0.25, -0.2) is 4.79 Å². The number of unbranched alkanes of at least 4 members (excludes halogenated alkanes) is 1. The van der Waals surface area contributed by atoms with Gasteiger partial charge in [-0.3, -0.25) is 9.69 Å². The van der Waals surface area contributed by atoms with Crippen molar-refractivity contribution < 1.29 is 14.3 Å². The van der Waals surface area contributed by atoms with E-state index in [-0.39, 0.29) is 5.91 Å². The first-order valence-corrected chi connectivity index (χ1v) is 7.85. The zero-order valence-electron chi connectivity index (χ0n) is 12.2. The Hall–Kier alpha value is -0.910. The van der Waals surface area contributed by atoms with Crippen LogP contribution < -0.4 is 5.32 Å². The Labute approximate surface area is 119 Å². The van der Waals surface area contributed by atoms with Crippen LogP contribution in [-0.2, 0) is 9.53 Å². The van der Waals surface area contributed by atoms with Gasteiger partial charge >= 0.3 is 6.09 Å². The lowest BCUT2D eigenvalue weighted by Crippen LogP contribution is -2.48. The number of amides is 2. The van der Waals surface area contributed by atoms with Gasteiger partial charge in [-0.05, 0) is 27.2 Å². The molecule has 0 aliphatic carbocycles. The minimum atomic E-state index is -0.534. The average Bonchev–Trinajstić information content (AvgIpc) is 2.75. The molecular weight excluding hydrogens is 264 g/mol. The monoisotopic (exact) mass is 288 g/mol. The smallest absolute Gasteiger partial charge is 0.411 e. The second-order valence-corrected chi connectivity index (χ2v) is 6.61. The summed E-state index contributed by atoms with van der Waals surface area (Å²) in [6, 6.07) is -0.406. The molecule has 1 fully saturated rings. The molecule has 1 N–H and O–H groups in total. The third-order valence-corrected chi connectivity index (χ3v) is 3.65. The summed E-state index contributed by atoms with van der Waals surface area (Å²) in [5.41, 5.74) is -0.534. The first kappa shape index (κ1) is 16.1. The Kier molecular flexibility index (Phi) is 5.97. The molecule has 1 unspecified atom stereocenters. The van der Waals surface area contributed by atoms with E-state index in [2.05, 4.69) is 12.2 Å². The van der Waals surface area contributed by atoms with E-state index >= 15 is 0 Å². The number of carbonyl (C=O) groups is 2. The Bertz CT molecular complexity index is 328. The van der Waals surface area contributed by atoms with Crippen LogP contribution in [0.15, 0.2) is 0 Å². The third kappa shape index (κ3) is 5.30. The molecular formula is C13H24N2O3S. The highest BCUT2D eigenvalue weighted by molar-refractivity contribution is 7.99. The molecule has 5 nitrogen and oxygen atoms in total. The Morgan fingerprint density at radius 1 is 1.42 bits per heavy atom. The van der Waals surface area contributed by atoms with E-state index in [1.54, 1.807) is 11.8 Å². The fourth-order valence-electron chi connectivity index (χ4n) is 1.67. The molecule has 1 aliphatic rings.